The van der Waals surface area contributed by atoms with E-state index in [1.807, 2.05) is 0 Å². The summed E-state index contributed by atoms with van der Waals surface area (Å²) in [5.41, 5.74) is 0. The van der Waals surface area contributed by atoms with Crippen molar-refractivity contribution in [2.24, 2.45) is 4.99 Å². The van der Waals surface area contributed by atoms with Crippen molar-refractivity contribution >= 4 is 40.7 Å². The maximum Gasteiger partial charge on any atom is 0.358 e. The number of carbonyl (C=O) groups is 3. The second-order valence-electron chi connectivity index (χ2n) is 7.05. The molecule has 0 aliphatic carbocycles. The molecular weight excluding hydrogens is 440 g/mol. The van der Waals surface area contributed by atoms with Crippen molar-refractivity contribution in [1.29, 1.82) is 0 Å². The molecule has 0 radical (unpaired) electrons. The Morgan fingerprint density at radius 2 is 1.84 bits per heavy atom. The maximum absolute atomic E-state index is 12.9. The van der Waals surface area contributed by atoms with Gasteiger partial charge in [0.05, 0.1) is 14.2 Å². The number of urea groups is 1. The van der Waals surface area contributed by atoms with Crippen molar-refractivity contribution in [2.75, 3.05) is 47.2 Å². The highest BCUT2D eigenvalue weighted by molar-refractivity contribution is 8.14. The Morgan fingerprint density at radius 1 is 1.19 bits per heavy atom. The fourth-order valence-corrected chi connectivity index (χ4v) is 4.07. The average molecular weight is 466 g/mol. The number of nitrogens with zero attached hydrogens (tertiary/aromatic N) is 4. The summed E-state index contributed by atoms with van der Waals surface area (Å²) in [6.45, 7) is -0.0441. The van der Waals surface area contributed by atoms with Crippen LogP contribution in [0.15, 0.2) is 29.3 Å². The van der Waals surface area contributed by atoms with Crippen LogP contribution < -0.4 is 9.47 Å². The first-order valence-electron chi connectivity index (χ1n) is 9.68. The number of β-amino-alcohol motifs (C(OH)–C–C–N with tert-alkyl or cyclic N) is 1. The minimum absolute atomic E-state index is 0.00105. The molecule has 2 aliphatic rings. The van der Waals surface area contributed by atoms with E-state index in [-0.39, 0.29) is 24.7 Å². The van der Waals surface area contributed by atoms with Gasteiger partial charge in [0.1, 0.15) is 36.5 Å². The third-order valence-electron chi connectivity index (χ3n) is 4.95. The van der Waals surface area contributed by atoms with Gasteiger partial charge >= 0.3 is 17.2 Å². The summed E-state index contributed by atoms with van der Waals surface area (Å²) in [4.78, 5) is 43.5. The van der Waals surface area contributed by atoms with Crippen molar-refractivity contribution in [3.63, 3.8) is 0 Å². The predicted molar refractivity (Wildman–Crippen MR) is 116 cm³/mol. The summed E-state index contributed by atoms with van der Waals surface area (Å²) in [6, 6.07) is 5.51. The lowest BCUT2D eigenvalue weighted by Crippen LogP contribution is -2.62. The zero-order valence-electron chi connectivity index (χ0n) is 18.2. The van der Waals surface area contributed by atoms with Crippen molar-refractivity contribution in [3.8, 4) is 11.5 Å². The van der Waals surface area contributed by atoms with E-state index in [2.05, 4.69) is 9.73 Å². The van der Waals surface area contributed by atoms with Crippen LogP contribution in [0.4, 0.5) is 4.79 Å². The van der Waals surface area contributed by atoms with Crippen LogP contribution >= 0.6 is 11.8 Å². The molecule has 2 unspecified atom stereocenters. The number of imide groups is 1. The molecule has 11 nitrogen and oxygen atoms in total. The van der Waals surface area contributed by atoms with Crippen LogP contribution in [-0.2, 0) is 14.3 Å². The van der Waals surface area contributed by atoms with E-state index in [1.165, 1.54) is 26.1 Å². The van der Waals surface area contributed by atoms with Gasteiger partial charge in [-0.25, -0.2) is 9.37 Å². The molecule has 0 aromatic heterocycles. The van der Waals surface area contributed by atoms with Crippen molar-refractivity contribution in [1.82, 2.24) is 9.80 Å². The Bertz CT molecular complexity index is 963. The third-order valence-corrected chi connectivity index (χ3v) is 5.91. The molecule has 2 atom stereocenters. The number of carbonyl (C=O) groups excluding carboxylic acids is 3. The molecule has 32 heavy (non-hydrogen) atoms. The van der Waals surface area contributed by atoms with Crippen LogP contribution in [0.25, 0.3) is 0 Å². The molecule has 1 saturated heterocycles. The van der Waals surface area contributed by atoms with E-state index in [0.717, 1.165) is 16.7 Å². The third kappa shape index (κ3) is 4.86. The highest BCUT2D eigenvalue weighted by Gasteiger charge is 2.53. The van der Waals surface area contributed by atoms with E-state index in [4.69, 9.17) is 9.47 Å². The fourth-order valence-electron chi connectivity index (χ4n) is 3.20. The van der Waals surface area contributed by atoms with Crippen LogP contribution in [0.5, 0.6) is 11.5 Å². The molecule has 0 saturated carbocycles. The summed E-state index contributed by atoms with van der Waals surface area (Å²) < 4.78 is 17.0. The molecular formula is C20H25N4O7S+. The Hall–Kier alpha value is -3.12. The number of aliphatic imine (C=N–C) groups is 1. The van der Waals surface area contributed by atoms with Crippen LogP contribution in [0.2, 0.25) is 0 Å². The van der Waals surface area contributed by atoms with Crippen LogP contribution in [0, 0.1) is 0 Å². The summed E-state index contributed by atoms with van der Waals surface area (Å²) in [7, 11) is 5.75. The number of likely N-dealkylation sites (N-methyl/N-ethyl adjacent to an activating group) is 2. The molecule has 1 fully saturated rings. The van der Waals surface area contributed by atoms with E-state index in [9.17, 15) is 19.5 Å². The SMILES string of the molecule is COC(=O)CSC1=[N+](CC(O)COc2ccc(OC)cc2)C2C(=O)N(C)C(=O)N(C)C2=N1. The summed E-state index contributed by atoms with van der Waals surface area (Å²) >= 11 is 1.06. The average Bonchev–Trinajstić information content (AvgIpc) is 3.16. The Labute approximate surface area is 189 Å². The van der Waals surface area contributed by atoms with Gasteiger partial charge in [0.2, 0.25) is 0 Å². The van der Waals surface area contributed by atoms with Gasteiger partial charge in [0.25, 0.3) is 17.8 Å². The van der Waals surface area contributed by atoms with Crippen LogP contribution in [0.1, 0.15) is 0 Å². The minimum Gasteiger partial charge on any atom is -0.497 e. The van der Waals surface area contributed by atoms with Gasteiger partial charge in [-0.15, -0.1) is 0 Å². The molecule has 12 heteroatoms. The van der Waals surface area contributed by atoms with E-state index >= 15 is 0 Å². The normalized spacial score (nSPS) is 19.0. The summed E-state index contributed by atoms with van der Waals surface area (Å²) in [5, 5.41) is 10.9. The lowest BCUT2D eigenvalue weighted by molar-refractivity contribution is -0.541. The Morgan fingerprint density at radius 3 is 2.47 bits per heavy atom. The van der Waals surface area contributed by atoms with E-state index in [0.29, 0.717) is 16.7 Å². The highest BCUT2D eigenvalue weighted by Crippen LogP contribution is 2.23. The molecule has 2 aliphatic heterocycles. The molecule has 2 heterocycles. The largest absolute Gasteiger partial charge is 0.497 e. The number of esters is 1. The number of hydrogen-bond acceptors (Lipinski definition) is 9. The zero-order valence-corrected chi connectivity index (χ0v) is 19.0. The molecule has 0 spiro atoms. The number of amidine groups is 2. The number of fused-ring (bicyclic) bond motifs is 1. The molecule has 172 valence electrons. The molecule has 0 bridgehead atoms. The first kappa shape index (κ1) is 23.5. The van der Waals surface area contributed by atoms with E-state index < -0.39 is 30.1 Å². The number of benzene rings is 1. The Balaban J connectivity index is 1.76. The first-order valence-corrected chi connectivity index (χ1v) is 10.7. The summed E-state index contributed by atoms with van der Waals surface area (Å²) in [5.74, 6) is 0.504. The lowest BCUT2D eigenvalue weighted by Gasteiger charge is -2.31. The number of hydrogen-bond donors (Lipinski definition) is 1. The molecule has 3 amide bonds. The predicted octanol–water partition coefficient (Wildman–Crippen LogP) is 0.0141. The van der Waals surface area contributed by atoms with Gasteiger partial charge in [-0.1, -0.05) is 0 Å². The maximum atomic E-state index is 12.9. The van der Waals surface area contributed by atoms with Gasteiger partial charge < -0.3 is 19.3 Å². The monoisotopic (exact) mass is 465 g/mol. The second kappa shape index (κ2) is 10.0. The van der Waals surface area contributed by atoms with Gasteiger partial charge in [0.15, 0.2) is 0 Å². The number of ether oxygens (including phenoxy) is 3. The lowest BCUT2D eigenvalue weighted by atomic mass is 10.1. The summed E-state index contributed by atoms with van der Waals surface area (Å²) in [6.07, 6.45) is -0.985. The van der Waals surface area contributed by atoms with E-state index in [1.54, 1.807) is 36.0 Å². The van der Waals surface area contributed by atoms with Gasteiger partial charge in [-0.05, 0) is 41.0 Å². The van der Waals surface area contributed by atoms with Gasteiger partial charge in [0, 0.05) is 14.1 Å². The molecule has 3 rings (SSSR count). The van der Waals surface area contributed by atoms with Crippen molar-refractivity contribution < 1.29 is 38.3 Å². The fraction of sp³-hybridized carbons (Fsp3) is 0.450. The topological polar surface area (TPSA) is 121 Å². The number of rotatable bonds is 8. The zero-order chi connectivity index (χ0) is 23.4. The van der Waals surface area contributed by atoms with Crippen molar-refractivity contribution in [2.45, 2.75) is 12.1 Å². The molecule has 1 aromatic rings. The smallest absolute Gasteiger partial charge is 0.358 e. The molecule has 1 N–H and O–H groups in total. The number of methoxy groups -OCH3 is 2. The highest BCUT2D eigenvalue weighted by atomic mass is 32.2. The first-order chi connectivity index (χ1) is 15.3. The number of amides is 3. The minimum atomic E-state index is -0.985. The van der Waals surface area contributed by atoms with Crippen LogP contribution in [-0.4, -0.2) is 108 Å². The second-order valence-corrected chi connectivity index (χ2v) is 7.99. The van der Waals surface area contributed by atoms with Crippen LogP contribution in [0.3, 0.4) is 0 Å². The molecule has 1 aromatic carbocycles. The number of thioether (sulfide) groups is 1. The quantitative estimate of drug-likeness (QED) is 0.421. The standard InChI is InChI=1S/C20H25N4O7S/c1-22-17-16(18(27)23(2)20(22)28)24(19(21-17)32-11-15(26)30-4)9-12(25)10-31-14-7-5-13(29-3)6-8-14/h5-8,12,16,25H,9-11H2,1-4H3/q+1. The number of aliphatic hydroxyl groups is 1. The number of aliphatic hydroxyl groups excluding tert-OH is 1. The van der Waals surface area contributed by atoms with Gasteiger partial charge in [-0.2, -0.15) is 0 Å². The Kier molecular flexibility index (Phi) is 7.36. The van der Waals surface area contributed by atoms with Gasteiger partial charge in [-0.3, -0.25) is 19.4 Å². The van der Waals surface area contributed by atoms with Crippen molar-refractivity contribution in [3.05, 3.63) is 24.3 Å².